The predicted molar refractivity (Wildman–Crippen MR) is 85.7 cm³/mol. The molecule has 0 aliphatic rings. The van der Waals surface area contributed by atoms with Crippen LogP contribution in [0.1, 0.15) is 24.5 Å². The minimum atomic E-state index is -0.815. The first-order chi connectivity index (χ1) is 9.53. The first-order valence-electron chi connectivity index (χ1n) is 6.65. The monoisotopic (exact) mass is 334 g/mol. The molecule has 0 bridgehead atoms. The Labute approximate surface area is 128 Å². The maximum Gasteiger partial charge on any atom is 0.130 e. The predicted octanol–water partition coefficient (Wildman–Crippen LogP) is 4.78. The lowest BCUT2D eigenvalue weighted by Crippen LogP contribution is -2.21. The van der Waals surface area contributed by atoms with Crippen molar-refractivity contribution in [1.29, 1.82) is 0 Å². The van der Waals surface area contributed by atoms with Gasteiger partial charge < -0.3 is 9.84 Å². The minimum absolute atomic E-state index is 0.672. The molecule has 2 aromatic carbocycles. The van der Waals surface area contributed by atoms with E-state index in [-0.39, 0.29) is 0 Å². The highest BCUT2D eigenvalue weighted by atomic mass is 79.9. The number of rotatable bonds is 5. The van der Waals surface area contributed by atoms with E-state index in [0.717, 1.165) is 28.0 Å². The fourth-order valence-electron chi connectivity index (χ4n) is 2.01. The van der Waals surface area contributed by atoms with Crippen LogP contribution in [0, 0.1) is 6.92 Å². The fraction of sp³-hybridized carbons (Fsp3) is 0.294. The standard InChI is InChI=1S/C17H19BrO2/c1-13-5-3-4-6-16(13)20-15-9-7-14(8-10-15)17(2,19)11-12-18/h3-10,19H,11-12H2,1-2H3. The third-order valence-electron chi connectivity index (χ3n) is 3.38. The Balaban J connectivity index is 2.15. The van der Waals surface area contributed by atoms with Crippen LogP contribution >= 0.6 is 15.9 Å². The zero-order chi connectivity index (χ0) is 14.6. The molecule has 0 fully saturated rings. The topological polar surface area (TPSA) is 29.5 Å². The van der Waals surface area contributed by atoms with Crippen molar-refractivity contribution in [3.05, 3.63) is 59.7 Å². The summed E-state index contributed by atoms with van der Waals surface area (Å²) in [5, 5.41) is 11.1. The molecular weight excluding hydrogens is 316 g/mol. The molecule has 20 heavy (non-hydrogen) atoms. The highest BCUT2D eigenvalue weighted by Crippen LogP contribution is 2.29. The molecule has 0 aromatic heterocycles. The third kappa shape index (κ3) is 3.62. The molecular formula is C17H19BrO2. The number of alkyl halides is 1. The molecule has 1 N–H and O–H groups in total. The Hall–Kier alpha value is -1.32. The minimum Gasteiger partial charge on any atom is -0.457 e. The van der Waals surface area contributed by atoms with Crippen molar-refractivity contribution < 1.29 is 9.84 Å². The second-order valence-electron chi connectivity index (χ2n) is 5.10. The van der Waals surface area contributed by atoms with E-state index in [2.05, 4.69) is 15.9 Å². The summed E-state index contributed by atoms with van der Waals surface area (Å²) in [4.78, 5) is 0. The largest absolute Gasteiger partial charge is 0.457 e. The highest BCUT2D eigenvalue weighted by molar-refractivity contribution is 9.09. The average molecular weight is 335 g/mol. The Bertz CT molecular complexity index is 561. The first-order valence-corrected chi connectivity index (χ1v) is 7.77. The van der Waals surface area contributed by atoms with Crippen molar-refractivity contribution in [1.82, 2.24) is 0 Å². The first kappa shape index (κ1) is 15.1. The number of hydrogen-bond acceptors (Lipinski definition) is 2. The maximum atomic E-state index is 10.3. The zero-order valence-corrected chi connectivity index (χ0v) is 13.4. The highest BCUT2D eigenvalue weighted by Gasteiger charge is 2.21. The smallest absolute Gasteiger partial charge is 0.130 e. The molecule has 1 unspecified atom stereocenters. The molecule has 0 radical (unpaired) electrons. The van der Waals surface area contributed by atoms with E-state index in [1.54, 1.807) is 0 Å². The summed E-state index contributed by atoms with van der Waals surface area (Å²) in [6.07, 6.45) is 0.672. The van der Waals surface area contributed by atoms with E-state index >= 15 is 0 Å². The van der Waals surface area contributed by atoms with Crippen LogP contribution in [0.5, 0.6) is 11.5 Å². The van der Waals surface area contributed by atoms with Crippen LogP contribution < -0.4 is 4.74 Å². The molecule has 1 atom stereocenters. The fourth-order valence-corrected chi connectivity index (χ4v) is 2.78. The van der Waals surface area contributed by atoms with E-state index in [1.165, 1.54) is 0 Å². The van der Waals surface area contributed by atoms with Crippen LogP contribution in [0.2, 0.25) is 0 Å². The summed E-state index contributed by atoms with van der Waals surface area (Å²) in [5.74, 6) is 1.63. The van der Waals surface area contributed by atoms with Crippen molar-refractivity contribution in [3.63, 3.8) is 0 Å². The van der Waals surface area contributed by atoms with Crippen molar-refractivity contribution >= 4 is 15.9 Å². The van der Waals surface area contributed by atoms with Crippen molar-refractivity contribution in [2.75, 3.05) is 5.33 Å². The Morgan fingerprint density at radius 2 is 1.75 bits per heavy atom. The van der Waals surface area contributed by atoms with Crippen LogP contribution in [0.3, 0.4) is 0 Å². The van der Waals surface area contributed by atoms with E-state index in [9.17, 15) is 5.11 Å². The van der Waals surface area contributed by atoms with Crippen molar-refractivity contribution in [2.45, 2.75) is 25.9 Å². The van der Waals surface area contributed by atoms with Crippen molar-refractivity contribution in [2.24, 2.45) is 0 Å². The normalized spacial score (nSPS) is 13.8. The summed E-state index contributed by atoms with van der Waals surface area (Å²) in [6.45, 7) is 3.84. The summed E-state index contributed by atoms with van der Waals surface area (Å²) in [5.41, 5.74) is 1.18. The molecule has 2 rings (SSSR count). The van der Waals surface area contributed by atoms with E-state index < -0.39 is 5.60 Å². The number of hydrogen-bond donors (Lipinski definition) is 1. The van der Waals surface area contributed by atoms with Crippen LogP contribution in [0.25, 0.3) is 0 Å². The van der Waals surface area contributed by atoms with Crippen LogP contribution in [0.4, 0.5) is 0 Å². The van der Waals surface area contributed by atoms with Gasteiger partial charge in [-0.25, -0.2) is 0 Å². The Morgan fingerprint density at radius 1 is 1.10 bits per heavy atom. The van der Waals surface area contributed by atoms with Crippen LogP contribution in [-0.4, -0.2) is 10.4 Å². The third-order valence-corrected chi connectivity index (χ3v) is 3.78. The van der Waals surface area contributed by atoms with Gasteiger partial charge in [-0.05, 0) is 49.6 Å². The molecule has 0 aliphatic carbocycles. The lowest BCUT2D eigenvalue weighted by Gasteiger charge is -2.23. The Morgan fingerprint density at radius 3 is 2.35 bits per heavy atom. The van der Waals surface area contributed by atoms with Gasteiger partial charge in [0.05, 0.1) is 5.60 Å². The van der Waals surface area contributed by atoms with Gasteiger partial charge in [-0.2, -0.15) is 0 Å². The van der Waals surface area contributed by atoms with Gasteiger partial charge in [0.15, 0.2) is 0 Å². The quantitative estimate of drug-likeness (QED) is 0.797. The molecule has 106 valence electrons. The van der Waals surface area contributed by atoms with E-state index in [1.807, 2.05) is 62.4 Å². The average Bonchev–Trinajstić information content (AvgIpc) is 2.42. The van der Waals surface area contributed by atoms with Gasteiger partial charge >= 0.3 is 0 Å². The maximum absolute atomic E-state index is 10.3. The summed E-state index contributed by atoms with van der Waals surface area (Å²) in [7, 11) is 0. The van der Waals surface area contributed by atoms with Gasteiger partial charge in [-0.3, -0.25) is 0 Å². The van der Waals surface area contributed by atoms with Gasteiger partial charge in [0.25, 0.3) is 0 Å². The number of para-hydroxylation sites is 1. The number of ether oxygens (including phenoxy) is 1. The number of aliphatic hydroxyl groups is 1. The molecule has 3 heteroatoms. The van der Waals surface area contributed by atoms with Gasteiger partial charge in [-0.1, -0.05) is 46.3 Å². The van der Waals surface area contributed by atoms with Crippen LogP contribution in [0.15, 0.2) is 48.5 Å². The number of aryl methyl sites for hydroxylation is 1. The lowest BCUT2D eigenvalue weighted by molar-refractivity contribution is 0.0546. The molecule has 0 saturated heterocycles. The zero-order valence-electron chi connectivity index (χ0n) is 11.8. The van der Waals surface area contributed by atoms with Gasteiger partial charge in [0.2, 0.25) is 0 Å². The molecule has 0 amide bonds. The van der Waals surface area contributed by atoms with Gasteiger partial charge in [0, 0.05) is 5.33 Å². The van der Waals surface area contributed by atoms with E-state index in [0.29, 0.717) is 6.42 Å². The molecule has 0 spiro atoms. The second kappa shape index (κ2) is 6.42. The summed E-state index contributed by atoms with van der Waals surface area (Å²) >= 11 is 3.36. The molecule has 0 heterocycles. The van der Waals surface area contributed by atoms with Crippen molar-refractivity contribution in [3.8, 4) is 11.5 Å². The molecule has 2 nitrogen and oxygen atoms in total. The summed E-state index contributed by atoms with van der Waals surface area (Å²) in [6, 6.07) is 15.5. The second-order valence-corrected chi connectivity index (χ2v) is 5.90. The van der Waals surface area contributed by atoms with Gasteiger partial charge in [0.1, 0.15) is 11.5 Å². The Kier molecular flexibility index (Phi) is 4.84. The molecule has 2 aromatic rings. The van der Waals surface area contributed by atoms with Crippen LogP contribution in [-0.2, 0) is 5.60 Å². The summed E-state index contributed by atoms with van der Waals surface area (Å²) < 4.78 is 5.85. The van der Waals surface area contributed by atoms with Gasteiger partial charge in [-0.15, -0.1) is 0 Å². The number of halogens is 1. The number of benzene rings is 2. The SMILES string of the molecule is Cc1ccccc1Oc1ccc(C(C)(O)CCBr)cc1. The lowest BCUT2D eigenvalue weighted by atomic mass is 9.93. The van der Waals surface area contributed by atoms with E-state index in [4.69, 9.17) is 4.74 Å². The molecule has 0 aliphatic heterocycles. The molecule has 0 saturated carbocycles.